The van der Waals surface area contributed by atoms with E-state index in [-0.39, 0.29) is 12.1 Å². The fourth-order valence-corrected chi connectivity index (χ4v) is 3.56. The summed E-state index contributed by atoms with van der Waals surface area (Å²) in [5, 5.41) is 2.29. The predicted octanol–water partition coefficient (Wildman–Crippen LogP) is 5.13. The van der Waals surface area contributed by atoms with Crippen molar-refractivity contribution < 1.29 is 14.3 Å². The zero-order valence-electron chi connectivity index (χ0n) is 14.9. The molecule has 1 saturated heterocycles. The van der Waals surface area contributed by atoms with Crippen LogP contribution in [0.25, 0.3) is 10.8 Å². The summed E-state index contributed by atoms with van der Waals surface area (Å²) in [6, 6.07) is 12.4. The van der Waals surface area contributed by atoms with Crippen molar-refractivity contribution in [1.82, 2.24) is 4.90 Å². The van der Waals surface area contributed by atoms with Crippen molar-refractivity contribution in [3.8, 4) is 0 Å². The van der Waals surface area contributed by atoms with Crippen LogP contribution < -0.4 is 0 Å². The smallest absolute Gasteiger partial charge is 0.410 e. The molecule has 5 heteroatoms. The minimum absolute atomic E-state index is 0.0530. The second kappa shape index (κ2) is 7.34. The highest BCUT2D eigenvalue weighted by molar-refractivity contribution is 9.10. The molecule has 1 aliphatic heterocycles. The van der Waals surface area contributed by atoms with Crippen LogP contribution >= 0.6 is 15.9 Å². The zero-order chi connectivity index (χ0) is 18.0. The van der Waals surface area contributed by atoms with Crippen LogP contribution in [0.15, 0.2) is 40.9 Å². The molecule has 0 saturated carbocycles. The van der Waals surface area contributed by atoms with E-state index in [1.165, 1.54) is 0 Å². The van der Waals surface area contributed by atoms with Crippen molar-refractivity contribution in [2.75, 3.05) is 13.2 Å². The topological polar surface area (TPSA) is 38.8 Å². The van der Waals surface area contributed by atoms with Crippen LogP contribution in [0.1, 0.15) is 32.8 Å². The van der Waals surface area contributed by atoms with E-state index in [0.29, 0.717) is 19.8 Å². The Kier molecular flexibility index (Phi) is 5.35. The zero-order valence-corrected chi connectivity index (χ0v) is 16.5. The molecule has 1 unspecified atom stereocenters. The van der Waals surface area contributed by atoms with Gasteiger partial charge in [-0.3, -0.25) is 4.90 Å². The van der Waals surface area contributed by atoms with E-state index in [1.807, 2.05) is 43.9 Å². The standard InChI is InChI=1S/C20H24BrNO3/c1-20(2,3)25-19(23)22(15-10-11-24-13-15)12-14-8-9-18(21)17-7-5-4-6-16(14)17/h4-9,15H,10-13H2,1-3H3. The summed E-state index contributed by atoms with van der Waals surface area (Å²) in [5.74, 6) is 0. The maximum absolute atomic E-state index is 12.8. The van der Waals surface area contributed by atoms with E-state index in [9.17, 15) is 4.79 Å². The number of rotatable bonds is 3. The molecule has 0 bridgehead atoms. The Morgan fingerprint density at radius 3 is 2.60 bits per heavy atom. The number of hydrogen-bond donors (Lipinski definition) is 0. The third-order valence-electron chi connectivity index (χ3n) is 4.28. The molecule has 4 nitrogen and oxygen atoms in total. The van der Waals surface area contributed by atoms with E-state index in [1.54, 1.807) is 0 Å². The SMILES string of the molecule is CC(C)(C)OC(=O)N(Cc1ccc(Br)c2ccccc12)C1CCOC1. The highest BCUT2D eigenvalue weighted by Gasteiger charge is 2.31. The van der Waals surface area contributed by atoms with Gasteiger partial charge in [0.15, 0.2) is 0 Å². The molecular formula is C20H24BrNO3. The van der Waals surface area contributed by atoms with Gasteiger partial charge in [-0.25, -0.2) is 4.79 Å². The number of nitrogens with zero attached hydrogens (tertiary/aromatic N) is 1. The monoisotopic (exact) mass is 405 g/mol. The number of halogens is 1. The average Bonchev–Trinajstić information content (AvgIpc) is 3.07. The maximum atomic E-state index is 12.8. The Bertz CT molecular complexity index is 763. The number of ether oxygens (including phenoxy) is 2. The molecule has 0 spiro atoms. The third-order valence-corrected chi connectivity index (χ3v) is 4.97. The van der Waals surface area contributed by atoms with Crippen LogP contribution in [0.4, 0.5) is 4.79 Å². The first-order chi connectivity index (χ1) is 11.8. The summed E-state index contributed by atoms with van der Waals surface area (Å²) < 4.78 is 12.2. The van der Waals surface area contributed by atoms with Gasteiger partial charge >= 0.3 is 6.09 Å². The summed E-state index contributed by atoms with van der Waals surface area (Å²) in [5.41, 5.74) is 0.591. The summed E-state index contributed by atoms with van der Waals surface area (Å²) in [6.45, 7) is 7.44. The van der Waals surface area contributed by atoms with Crippen molar-refractivity contribution in [1.29, 1.82) is 0 Å². The highest BCUT2D eigenvalue weighted by Crippen LogP contribution is 2.29. The Balaban J connectivity index is 1.93. The van der Waals surface area contributed by atoms with Gasteiger partial charge in [-0.1, -0.05) is 46.3 Å². The molecule has 134 valence electrons. The van der Waals surface area contributed by atoms with E-state index in [0.717, 1.165) is 27.2 Å². The molecule has 25 heavy (non-hydrogen) atoms. The van der Waals surface area contributed by atoms with Crippen LogP contribution in [0, 0.1) is 0 Å². The molecule has 1 heterocycles. The number of hydrogen-bond acceptors (Lipinski definition) is 3. The van der Waals surface area contributed by atoms with E-state index in [2.05, 4.69) is 34.1 Å². The number of carbonyl (C=O) groups is 1. The first kappa shape index (κ1) is 18.2. The molecule has 0 aromatic heterocycles. The molecule has 1 amide bonds. The van der Waals surface area contributed by atoms with E-state index < -0.39 is 5.60 Å². The van der Waals surface area contributed by atoms with Crippen LogP contribution in [-0.4, -0.2) is 35.8 Å². The van der Waals surface area contributed by atoms with Crippen molar-refractivity contribution in [2.45, 2.75) is 45.4 Å². The summed E-state index contributed by atoms with van der Waals surface area (Å²) >= 11 is 3.61. The molecular weight excluding hydrogens is 382 g/mol. The van der Waals surface area contributed by atoms with Gasteiger partial charge in [-0.05, 0) is 49.6 Å². The van der Waals surface area contributed by atoms with Gasteiger partial charge in [-0.2, -0.15) is 0 Å². The highest BCUT2D eigenvalue weighted by atomic mass is 79.9. The average molecular weight is 406 g/mol. The van der Waals surface area contributed by atoms with Crippen LogP contribution in [0.5, 0.6) is 0 Å². The van der Waals surface area contributed by atoms with E-state index in [4.69, 9.17) is 9.47 Å². The fraction of sp³-hybridized carbons (Fsp3) is 0.450. The molecule has 0 N–H and O–H groups in total. The van der Waals surface area contributed by atoms with Gasteiger partial charge in [0, 0.05) is 11.1 Å². The van der Waals surface area contributed by atoms with Gasteiger partial charge < -0.3 is 9.47 Å². The fourth-order valence-electron chi connectivity index (χ4n) is 3.08. The molecule has 1 atom stereocenters. The number of amides is 1. The second-order valence-corrected chi connectivity index (χ2v) is 8.23. The molecule has 2 aromatic carbocycles. The number of carbonyl (C=O) groups excluding carboxylic acids is 1. The summed E-state index contributed by atoms with van der Waals surface area (Å²) in [4.78, 5) is 14.6. The normalized spacial score (nSPS) is 17.7. The first-order valence-electron chi connectivity index (χ1n) is 8.58. The minimum Gasteiger partial charge on any atom is -0.444 e. The molecule has 0 aliphatic carbocycles. The lowest BCUT2D eigenvalue weighted by Crippen LogP contribution is -2.43. The van der Waals surface area contributed by atoms with Gasteiger partial charge in [0.1, 0.15) is 5.60 Å². The molecule has 0 radical (unpaired) electrons. The van der Waals surface area contributed by atoms with Crippen molar-refractivity contribution in [3.63, 3.8) is 0 Å². The lowest BCUT2D eigenvalue weighted by Gasteiger charge is -2.31. The molecule has 1 aliphatic rings. The van der Waals surface area contributed by atoms with Crippen LogP contribution in [-0.2, 0) is 16.0 Å². The van der Waals surface area contributed by atoms with Crippen LogP contribution in [0.2, 0.25) is 0 Å². The van der Waals surface area contributed by atoms with Crippen molar-refractivity contribution in [3.05, 3.63) is 46.4 Å². The number of fused-ring (bicyclic) bond motifs is 1. The predicted molar refractivity (Wildman–Crippen MR) is 103 cm³/mol. The first-order valence-corrected chi connectivity index (χ1v) is 9.38. The second-order valence-electron chi connectivity index (χ2n) is 7.38. The van der Waals surface area contributed by atoms with Gasteiger partial charge in [0.05, 0.1) is 19.2 Å². The largest absolute Gasteiger partial charge is 0.444 e. The van der Waals surface area contributed by atoms with Crippen molar-refractivity contribution >= 4 is 32.8 Å². The lowest BCUT2D eigenvalue weighted by molar-refractivity contribution is 0.0127. The Morgan fingerprint density at radius 2 is 1.96 bits per heavy atom. The summed E-state index contributed by atoms with van der Waals surface area (Å²) in [7, 11) is 0. The Hall–Kier alpha value is -1.59. The van der Waals surface area contributed by atoms with Gasteiger partial charge in [-0.15, -0.1) is 0 Å². The minimum atomic E-state index is -0.517. The molecule has 2 aromatic rings. The summed E-state index contributed by atoms with van der Waals surface area (Å²) in [6.07, 6.45) is 0.559. The van der Waals surface area contributed by atoms with Crippen LogP contribution in [0.3, 0.4) is 0 Å². The Morgan fingerprint density at radius 1 is 1.24 bits per heavy atom. The van der Waals surface area contributed by atoms with Gasteiger partial charge in [0.25, 0.3) is 0 Å². The molecule has 1 fully saturated rings. The van der Waals surface area contributed by atoms with Crippen molar-refractivity contribution in [2.24, 2.45) is 0 Å². The Labute approximate surface area is 157 Å². The maximum Gasteiger partial charge on any atom is 0.410 e. The third kappa shape index (κ3) is 4.33. The molecule has 3 rings (SSSR count). The quantitative estimate of drug-likeness (QED) is 0.710. The van der Waals surface area contributed by atoms with Gasteiger partial charge in [0.2, 0.25) is 0 Å². The van der Waals surface area contributed by atoms with E-state index >= 15 is 0 Å². The lowest BCUT2D eigenvalue weighted by atomic mass is 10.0. The number of benzene rings is 2.